The van der Waals surface area contributed by atoms with E-state index in [4.69, 9.17) is 4.74 Å². The van der Waals surface area contributed by atoms with Gasteiger partial charge in [-0.25, -0.2) is 5.43 Å². The van der Waals surface area contributed by atoms with Crippen molar-refractivity contribution in [2.45, 2.75) is 13.8 Å². The summed E-state index contributed by atoms with van der Waals surface area (Å²) in [5, 5.41) is 4.12. The number of rotatable bonds is 5. The van der Waals surface area contributed by atoms with Crippen molar-refractivity contribution in [2.75, 3.05) is 6.61 Å². The largest absolute Gasteiger partial charge is 0.494 e. The van der Waals surface area contributed by atoms with Gasteiger partial charge in [0.2, 0.25) is 0 Å². The van der Waals surface area contributed by atoms with Gasteiger partial charge in [0.1, 0.15) is 5.75 Å². The standard InChI is InChI=1S/C17H18N2O2/c1-3-21-16-11-9-14(10-12-16)13(2)18-19-17(20)15-7-5-4-6-8-15/h4-12H,3H2,1-2H3,(H,19,20). The van der Waals surface area contributed by atoms with Crippen LogP contribution >= 0.6 is 0 Å². The molecular weight excluding hydrogens is 264 g/mol. The predicted molar refractivity (Wildman–Crippen MR) is 83.7 cm³/mol. The molecule has 0 saturated heterocycles. The van der Waals surface area contributed by atoms with E-state index in [1.54, 1.807) is 12.1 Å². The van der Waals surface area contributed by atoms with Crippen molar-refractivity contribution in [3.8, 4) is 5.75 Å². The van der Waals surface area contributed by atoms with E-state index in [9.17, 15) is 4.79 Å². The van der Waals surface area contributed by atoms with Gasteiger partial charge in [-0.3, -0.25) is 4.79 Å². The molecule has 2 aromatic carbocycles. The predicted octanol–water partition coefficient (Wildman–Crippen LogP) is 3.24. The summed E-state index contributed by atoms with van der Waals surface area (Å²) in [6.45, 7) is 4.43. The zero-order valence-corrected chi connectivity index (χ0v) is 12.2. The maximum Gasteiger partial charge on any atom is 0.271 e. The normalized spacial score (nSPS) is 11.0. The molecule has 0 aromatic heterocycles. The van der Waals surface area contributed by atoms with Crippen LogP contribution in [0.2, 0.25) is 0 Å². The quantitative estimate of drug-likeness (QED) is 0.676. The van der Waals surface area contributed by atoms with Crippen LogP contribution in [-0.4, -0.2) is 18.2 Å². The first-order valence-electron chi connectivity index (χ1n) is 6.83. The van der Waals surface area contributed by atoms with Crippen molar-refractivity contribution >= 4 is 11.6 Å². The molecule has 0 bridgehead atoms. The van der Waals surface area contributed by atoms with E-state index in [0.717, 1.165) is 17.0 Å². The highest BCUT2D eigenvalue weighted by Crippen LogP contribution is 2.12. The van der Waals surface area contributed by atoms with Crippen LogP contribution in [-0.2, 0) is 0 Å². The molecule has 0 radical (unpaired) electrons. The maximum atomic E-state index is 11.9. The molecule has 0 unspecified atom stereocenters. The van der Waals surface area contributed by atoms with Crippen molar-refractivity contribution in [3.05, 3.63) is 65.7 Å². The van der Waals surface area contributed by atoms with Crippen LogP contribution in [0.5, 0.6) is 5.75 Å². The number of amides is 1. The molecular formula is C17H18N2O2. The zero-order chi connectivity index (χ0) is 15.1. The minimum absolute atomic E-state index is 0.221. The molecule has 4 heteroatoms. The van der Waals surface area contributed by atoms with Crippen LogP contribution < -0.4 is 10.2 Å². The van der Waals surface area contributed by atoms with Gasteiger partial charge in [-0.15, -0.1) is 0 Å². The minimum atomic E-state index is -0.221. The number of hydrogen-bond donors (Lipinski definition) is 1. The number of ether oxygens (including phenoxy) is 1. The Hall–Kier alpha value is -2.62. The Labute approximate surface area is 124 Å². The Morgan fingerprint density at radius 2 is 1.71 bits per heavy atom. The van der Waals surface area contributed by atoms with E-state index < -0.39 is 0 Å². The van der Waals surface area contributed by atoms with Crippen LogP contribution in [0.1, 0.15) is 29.8 Å². The molecule has 0 aliphatic heterocycles. The van der Waals surface area contributed by atoms with E-state index in [1.807, 2.05) is 56.3 Å². The first kappa shape index (κ1) is 14.8. The van der Waals surface area contributed by atoms with Crippen LogP contribution in [0.15, 0.2) is 59.7 Å². The molecule has 0 saturated carbocycles. The molecule has 0 aliphatic carbocycles. The molecule has 0 heterocycles. The van der Waals surface area contributed by atoms with Gasteiger partial charge in [0.15, 0.2) is 0 Å². The molecule has 2 rings (SSSR count). The first-order valence-corrected chi connectivity index (χ1v) is 6.83. The number of carbonyl (C=O) groups is 1. The highest BCUT2D eigenvalue weighted by molar-refractivity contribution is 6.00. The Morgan fingerprint density at radius 1 is 1.05 bits per heavy atom. The second-order valence-corrected chi connectivity index (χ2v) is 4.46. The van der Waals surface area contributed by atoms with Crippen molar-refractivity contribution < 1.29 is 9.53 Å². The lowest BCUT2D eigenvalue weighted by atomic mass is 10.1. The monoisotopic (exact) mass is 282 g/mol. The molecule has 0 aliphatic rings. The fraction of sp³-hybridized carbons (Fsp3) is 0.176. The highest BCUT2D eigenvalue weighted by atomic mass is 16.5. The summed E-state index contributed by atoms with van der Waals surface area (Å²) in [5.41, 5.74) is 4.81. The number of hydrogen-bond acceptors (Lipinski definition) is 3. The van der Waals surface area contributed by atoms with Crippen molar-refractivity contribution in [2.24, 2.45) is 5.10 Å². The third kappa shape index (κ3) is 4.18. The maximum absolute atomic E-state index is 11.9. The Balaban J connectivity index is 2.02. The SMILES string of the molecule is CCOc1ccc(C(C)=NNC(=O)c2ccccc2)cc1. The van der Waals surface area contributed by atoms with Crippen molar-refractivity contribution in [1.29, 1.82) is 0 Å². The van der Waals surface area contributed by atoms with E-state index in [0.29, 0.717) is 12.2 Å². The Bertz CT molecular complexity index is 619. The van der Waals surface area contributed by atoms with Gasteiger partial charge in [0.25, 0.3) is 5.91 Å². The van der Waals surface area contributed by atoms with E-state index in [1.165, 1.54) is 0 Å². The van der Waals surface area contributed by atoms with Gasteiger partial charge in [-0.1, -0.05) is 18.2 Å². The molecule has 1 N–H and O–H groups in total. The topological polar surface area (TPSA) is 50.7 Å². The number of hydrazone groups is 1. The molecule has 108 valence electrons. The highest BCUT2D eigenvalue weighted by Gasteiger charge is 2.04. The summed E-state index contributed by atoms with van der Waals surface area (Å²) < 4.78 is 5.39. The first-order chi connectivity index (χ1) is 10.2. The van der Waals surface area contributed by atoms with E-state index in [-0.39, 0.29) is 5.91 Å². The number of nitrogens with one attached hydrogen (secondary N) is 1. The number of nitrogens with zero attached hydrogens (tertiary/aromatic N) is 1. The Kier molecular flexibility index (Phi) is 5.10. The summed E-state index contributed by atoms with van der Waals surface area (Å²) in [4.78, 5) is 11.9. The lowest BCUT2D eigenvalue weighted by molar-refractivity contribution is 0.0955. The molecule has 1 amide bonds. The van der Waals surface area contributed by atoms with Gasteiger partial charge in [0.05, 0.1) is 12.3 Å². The van der Waals surface area contributed by atoms with Gasteiger partial charge in [-0.2, -0.15) is 5.10 Å². The smallest absolute Gasteiger partial charge is 0.271 e. The molecule has 4 nitrogen and oxygen atoms in total. The summed E-state index contributed by atoms with van der Waals surface area (Å²) in [7, 11) is 0. The molecule has 0 atom stereocenters. The van der Waals surface area contributed by atoms with Crippen LogP contribution in [0.25, 0.3) is 0 Å². The van der Waals surface area contributed by atoms with Crippen molar-refractivity contribution in [1.82, 2.24) is 5.43 Å². The summed E-state index contributed by atoms with van der Waals surface area (Å²) in [6, 6.07) is 16.6. The third-order valence-corrected chi connectivity index (χ3v) is 2.94. The van der Waals surface area contributed by atoms with Crippen LogP contribution in [0.3, 0.4) is 0 Å². The summed E-state index contributed by atoms with van der Waals surface area (Å²) >= 11 is 0. The molecule has 0 spiro atoms. The lowest BCUT2D eigenvalue weighted by Gasteiger charge is -2.05. The number of benzene rings is 2. The second kappa shape index (κ2) is 7.24. The number of carbonyl (C=O) groups excluding carboxylic acids is 1. The zero-order valence-electron chi connectivity index (χ0n) is 12.2. The van der Waals surface area contributed by atoms with Gasteiger partial charge >= 0.3 is 0 Å². The van der Waals surface area contributed by atoms with Crippen LogP contribution in [0, 0.1) is 0 Å². The lowest BCUT2D eigenvalue weighted by Crippen LogP contribution is -2.19. The van der Waals surface area contributed by atoms with Gasteiger partial charge in [0, 0.05) is 5.56 Å². The average Bonchev–Trinajstić information content (AvgIpc) is 2.54. The fourth-order valence-electron chi connectivity index (χ4n) is 1.81. The van der Waals surface area contributed by atoms with E-state index >= 15 is 0 Å². The van der Waals surface area contributed by atoms with Gasteiger partial charge in [-0.05, 0) is 55.8 Å². The van der Waals surface area contributed by atoms with Crippen molar-refractivity contribution in [3.63, 3.8) is 0 Å². The molecule has 2 aromatic rings. The third-order valence-electron chi connectivity index (χ3n) is 2.94. The average molecular weight is 282 g/mol. The molecule has 0 fully saturated rings. The minimum Gasteiger partial charge on any atom is -0.494 e. The van der Waals surface area contributed by atoms with E-state index in [2.05, 4.69) is 10.5 Å². The fourth-order valence-corrected chi connectivity index (χ4v) is 1.81. The van der Waals surface area contributed by atoms with Crippen LogP contribution in [0.4, 0.5) is 0 Å². The Morgan fingerprint density at radius 3 is 2.33 bits per heavy atom. The van der Waals surface area contributed by atoms with Gasteiger partial charge < -0.3 is 4.74 Å². The second-order valence-electron chi connectivity index (χ2n) is 4.46. The summed E-state index contributed by atoms with van der Waals surface area (Å²) in [5.74, 6) is 0.600. The summed E-state index contributed by atoms with van der Waals surface area (Å²) in [6.07, 6.45) is 0. The molecule has 21 heavy (non-hydrogen) atoms.